The number of hydrazone groups is 1. The molecule has 0 saturated carbocycles. The Bertz CT molecular complexity index is 1090. The summed E-state index contributed by atoms with van der Waals surface area (Å²) in [5.74, 6) is -0.301. The molecule has 0 saturated heterocycles. The van der Waals surface area contributed by atoms with Gasteiger partial charge in [0.15, 0.2) is 17.2 Å². The van der Waals surface area contributed by atoms with E-state index in [0.717, 1.165) is 36.2 Å². The van der Waals surface area contributed by atoms with Crippen molar-refractivity contribution in [2.45, 2.75) is 19.3 Å². The molecule has 4 rings (SSSR count). The lowest BCUT2D eigenvalue weighted by molar-refractivity contribution is 0.0949. The van der Waals surface area contributed by atoms with Gasteiger partial charge in [-0.15, -0.1) is 0 Å². The highest BCUT2D eigenvalue weighted by Crippen LogP contribution is 2.35. The van der Waals surface area contributed by atoms with Crippen LogP contribution in [0.2, 0.25) is 5.02 Å². The third kappa shape index (κ3) is 3.56. The minimum absolute atomic E-state index is 0.0941. The van der Waals surface area contributed by atoms with E-state index in [2.05, 4.69) is 15.6 Å². The third-order valence-corrected chi connectivity index (χ3v) is 5.24. The maximum absolute atomic E-state index is 12.7. The van der Waals surface area contributed by atoms with Crippen molar-refractivity contribution >= 4 is 23.7 Å². The van der Waals surface area contributed by atoms with Crippen molar-refractivity contribution in [2.24, 2.45) is 5.10 Å². The molecule has 0 aliphatic heterocycles. The van der Waals surface area contributed by atoms with Crippen LogP contribution in [0.3, 0.4) is 0 Å². The van der Waals surface area contributed by atoms with Crippen molar-refractivity contribution in [2.75, 3.05) is 7.11 Å². The number of hydrogen-bond acceptors (Lipinski definition) is 5. The van der Waals surface area contributed by atoms with E-state index >= 15 is 0 Å². The van der Waals surface area contributed by atoms with Gasteiger partial charge in [0.2, 0.25) is 0 Å². The van der Waals surface area contributed by atoms with Gasteiger partial charge in [-0.05, 0) is 43.5 Å². The summed E-state index contributed by atoms with van der Waals surface area (Å²) < 4.78 is 6.84. The maximum atomic E-state index is 12.7. The molecule has 0 unspecified atom stereocenters. The summed E-state index contributed by atoms with van der Waals surface area (Å²) in [4.78, 5) is 12.7. The minimum atomic E-state index is -0.386. The molecule has 7 nitrogen and oxygen atoms in total. The van der Waals surface area contributed by atoms with Crippen LogP contribution in [0.25, 0.3) is 5.69 Å². The number of aromatic nitrogens is 2. The van der Waals surface area contributed by atoms with Crippen LogP contribution < -0.4 is 10.2 Å². The fraction of sp³-hybridized carbons (Fsp3) is 0.190. The molecule has 0 atom stereocenters. The molecule has 1 heterocycles. The van der Waals surface area contributed by atoms with Crippen molar-refractivity contribution in [1.82, 2.24) is 15.2 Å². The fourth-order valence-corrected chi connectivity index (χ4v) is 3.65. The smallest absolute Gasteiger partial charge is 0.292 e. The second-order valence-electron chi connectivity index (χ2n) is 6.59. The molecule has 148 valence electrons. The van der Waals surface area contributed by atoms with E-state index in [1.807, 2.05) is 35.0 Å². The summed E-state index contributed by atoms with van der Waals surface area (Å²) in [7, 11) is 1.44. The molecule has 3 aromatic rings. The number of fused-ring (bicyclic) bond motifs is 1. The monoisotopic (exact) mass is 410 g/mol. The Morgan fingerprint density at radius 2 is 2.07 bits per heavy atom. The molecule has 1 aliphatic carbocycles. The zero-order chi connectivity index (χ0) is 20.4. The standard InChI is InChI=1S/C21H19ClN4O3/c1-29-17-11-10-13(18(22)20(17)27)12-23-24-21(28)19-15-8-5-9-16(15)26(25-19)14-6-3-2-4-7-14/h2-4,6-7,10-12,27H,5,8-9H2,1H3,(H,24,28)/b23-12+. The van der Waals surface area contributed by atoms with Gasteiger partial charge in [0.05, 0.1) is 24.0 Å². The van der Waals surface area contributed by atoms with Crippen LogP contribution in [0.5, 0.6) is 11.5 Å². The molecule has 1 aromatic heterocycles. The normalized spacial score (nSPS) is 12.9. The van der Waals surface area contributed by atoms with Gasteiger partial charge in [0.1, 0.15) is 0 Å². The molecule has 29 heavy (non-hydrogen) atoms. The minimum Gasteiger partial charge on any atom is -0.503 e. The van der Waals surface area contributed by atoms with Crippen LogP contribution in [0.4, 0.5) is 0 Å². The number of carbonyl (C=O) groups is 1. The lowest BCUT2D eigenvalue weighted by Crippen LogP contribution is -2.20. The summed E-state index contributed by atoms with van der Waals surface area (Å²) in [5, 5.41) is 18.6. The van der Waals surface area contributed by atoms with E-state index in [0.29, 0.717) is 11.3 Å². The van der Waals surface area contributed by atoms with Crippen molar-refractivity contribution in [3.8, 4) is 17.2 Å². The number of benzene rings is 2. The Balaban J connectivity index is 1.56. The molecular formula is C21H19ClN4O3. The van der Waals surface area contributed by atoms with Crippen LogP contribution >= 0.6 is 11.6 Å². The fourth-order valence-electron chi connectivity index (χ4n) is 3.44. The SMILES string of the molecule is COc1ccc(/C=N/NC(=O)c2nn(-c3ccccc3)c3c2CCC3)c(Cl)c1O. The second kappa shape index (κ2) is 7.97. The number of rotatable bonds is 5. The number of aromatic hydroxyl groups is 1. The average molecular weight is 411 g/mol. The molecule has 0 radical (unpaired) electrons. The van der Waals surface area contributed by atoms with E-state index < -0.39 is 0 Å². The molecule has 1 aliphatic rings. The predicted octanol–water partition coefficient (Wildman–Crippen LogP) is 3.49. The zero-order valence-corrected chi connectivity index (χ0v) is 16.5. The van der Waals surface area contributed by atoms with Crippen molar-refractivity contribution in [3.63, 3.8) is 0 Å². The largest absolute Gasteiger partial charge is 0.503 e. The number of nitrogens with zero attached hydrogens (tertiary/aromatic N) is 3. The Labute approximate surface area is 172 Å². The Hall–Kier alpha value is -3.32. The van der Waals surface area contributed by atoms with Crippen LogP contribution in [0.1, 0.15) is 33.7 Å². The molecule has 2 aromatic carbocycles. The molecule has 0 bridgehead atoms. The topological polar surface area (TPSA) is 88.7 Å². The molecule has 2 N–H and O–H groups in total. The molecular weight excluding hydrogens is 392 g/mol. The number of phenolic OH excluding ortho intramolecular Hbond substituents is 1. The number of ether oxygens (including phenoxy) is 1. The first-order valence-corrected chi connectivity index (χ1v) is 9.53. The first-order valence-electron chi connectivity index (χ1n) is 9.15. The van der Waals surface area contributed by atoms with Gasteiger partial charge in [-0.25, -0.2) is 10.1 Å². The number of methoxy groups -OCH3 is 1. The van der Waals surface area contributed by atoms with E-state index in [1.165, 1.54) is 13.3 Å². The Morgan fingerprint density at radius 1 is 1.28 bits per heavy atom. The van der Waals surface area contributed by atoms with Gasteiger partial charge in [0.25, 0.3) is 5.91 Å². The van der Waals surface area contributed by atoms with Crippen LogP contribution in [0.15, 0.2) is 47.6 Å². The first kappa shape index (κ1) is 19.0. The molecule has 0 spiro atoms. The lowest BCUT2D eigenvalue weighted by Gasteiger charge is -2.06. The van der Waals surface area contributed by atoms with E-state index in [-0.39, 0.29) is 22.4 Å². The first-order chi connectivity index (χ1) is 14.1. The van der Waals surface area contributed by atoms with E-state index in [9.17, 15) is 9.90 Å². The second-order valence-corrected chi connectivity index (χ2v) is 6.97. The summed E-state index contributed by atoms with van der Waals surface area (Å²) >= 11 is 6.11. The zero-order valence-electron chi connectivity index (χ0n) is 15.7. The lowest BCUT2D eigenvalue weighted by atomic mass is 10.2. The highest BCUT2D eigenvalue weighted by atomic mass is 35.5. The maximum Gasteiger partial charge on any atom is 0.292 e. The molecule has 8 heteroatoms. The van der Waals surface area contributed by atoms with E-state index in [4.69, 9.17) is 16.3 Å². The number of amides is 1. The highest BCUT2D eigenvalue weighted by Gasteiger charge is 2.26. The van der Waals surface area contributed by atoms with Crippen molar-refractivity contribution in [3.05, 3.63) is 70.0 Å². The number of phenols is 1. The summed E-state index contributed by atoms with van der Waals surface area (Å²) in [6.45, 7) is 0. The van der Waals surface area contributed by atoms with Gasteiger partial charge in [0, 0.05) is 16.8 Å². The van der Waals surface area contributed by atoms with Crippen LogP contribution in [-0.2, 0) is 12.8 Å². The van der Waals surface area contributed by atoms with E-state index in [1.54, 1.807) is 12.1 Å². The number of para-hydroxylation sites is 1. The van der Waals surface area contributed by atoms with Gasteiger partial charge >= 0.3 is 0 Å². The van der Waals surface area contributed by atoms with Gasteiger partial charge < -0.3 is 9.84 Å². The number of nitrogens with one attached hydrogen (secondary N) is 1. The van der Waals surface area contributed by atoms with Crippen molar-refractivity contribution in [1.29, 1.82) is 0 Å². The number of halogens is 1. The third-order valence-electron chi connectivity index (χ3n) is 4.84. The average Bonchev–Trinajstić information content (AvgIpc) is 3.34. The van der Waals surface area contributed by atoms with Gasteiger partial charge in [-0.3, -0.25) is 4.79 Å². The molecule has 1 amide bonds. The highest BCUT2D eigenvalue weighted by molar-refractivity contribution is 6.34. The van der Waals surface area contributed by atoms with Gasteiger partial charge in [-0.1, -0.05) is 29.8 Å². The quantitative estimate of drug-likeness (QED) is 0.497. The Morgan fingerprint density at radius 3 is 2.83 bits per heavy atom. The summed E-state index contributed by atoms with van der Waals surface area (Å²) in [6.07, 6.45) is 4.05. The predicted molar refractivity (Wildman–Crippen MR) is 110 cm³/mol. The van der Waals surface area contributed by atoms with Gasteiger partial charge in [-0.2, -0.15) is 10.2 Å². The van der Waals surface area contributed by atoms with Crippen LogP contribution in [-0.4, -0.2) is 34.1 Å². The summed E-state index contributed by atoms with van der Waals surface area (Å²) in [6, 6.07) is 13.0. The summed E-state index contributed by atoms with van der Waals surface area (Å²) in [5.41, 5.74) is 6.27. The van der Waals surface area contributed by atoms with Crippen LogP contribution in [0, 0.1) is 0 Å². The number of hydrogen-bond donors (Lipinski definition) is 2. The Kier molecular flexibility index (Phi) is 5.22. The van der Waals surface area contributed by atoms with Crippen molar-refractivity contribution < 1.29 is 14.6 Å². The number of carbonyl (C=O) groups excluding carboxylic acids is 1. The molecule has 0 fully saturated rings.